The van der Waals surface area contributed by atoms with Gasteiger partial charge < -0.3 is 10.1 Å². The Balaban J connectivity index is 1.74. The lowest BCUT2D eigenvalue weighted by Crippen LogP contribution is -2.46. The predicted molar refractivity (Wildman–Crippen MR) is 108 cm³/mol. The molecule has 1 amide bonds. The molecule has 3 rings (SSSR count). The number of amides is 1. The van der Waals surface area contributed by atoms with Gasteiger partial charge in [0.2, 0.25) is 5.91 Å². The Morgan fingerprint density at radius 3 is 2.81 bits per heavy atom. The highest BCUT2D eigenvalue weighted by Crippen LogP contribution is 2.40. The summed E-state index contributed by atoms with van der Waals surface area (Å²) in [7, 11) is 1.34. The number of carbonyl (C=O) groups excluding carboxylic acids is 2. The highest BCUT2D eigenvalue weighted by molar-refractivity contribution is 8.00. The number of fused-ring (bicyclic) bond motifs is 3. The van der Waals surface area contributed by atoms with Gasteiger partial charge in [-0.2, -0.15) is 0 Å². The Kier molecular flexibility index (Phi) is 6.37. The van der Waals surface area contributed by atoms with Crippen molar-refractivity contribution in [3.05, 3.63) is 16.3 Å². The number of hydrogen-bond donors (Lipinski definition) is 1. The van der Waals surface area contributed by atoms with Crippen LogP contribution < -0.4 is 5.32 Å². The summed E-state index contributed by atoms with van der Waals surface area (Å²) in [6.45, 7) is 5.80. The first-order valence-electron chi connectivity index (χ1n) is 9.23. The molecule has 27 heavy (non-hydrogen) atoms. The van der Waals surface area contributed by atoms with Crippen molar-refractivity contribution in [2.45, 2.75) is 57.5 Å². The maximum atomic E-state index is 12.5. The van der Waals surface area contributed by atoms with Gasteiger partial charge in [-0.15, -0.1) is 11.3 Å². The molecule has 1 N–H and O–H groups in total. The van der Waals surface area contributed by atoms with Gasteiger partial charge in [0.15, 0.2) is 0 Å². The lowest BCUT2D eigenvalue weighted by Gasteiger charge is -2.21. The molecule has 0 aliphatic heterocycles. The Morgan fingerprint density at radius 1 is 1.33 bits per heavy atom. The molecule has 0 spiro atoms. The Hall–Kier alpha value is -1.67. The Morgan fingerprint density at radius 2 is 2.11 bits per heavy atom. The van der Waals surface area contributed by atoms with E-state index in [1.807, 2.05) is 20.8 Å². The molecule has 0 saturated carbocycles. The van der Waals surface area contributed by atoms with Gasteiger partial charge in [0.1, 0.15) is 21.7 Å². The molecule has 6 nitrogen and oxygen atoms in total. The number of aromatic nitrogens is 2. The third kappa shape index (κ3) is 4.27. The number of rotatable bonds is 7. The molecule has 2 aromatic rings. The first-order chi connectivity index (χ1) is 12.9. The summed E-state index contributed by atoms with van der Waals surface area (Å²) in [5.41, 5.74) is 1.35. The van der Waals surface area contributed by atoms with Gasteiger partial charge in [-0.05, 0) is 37.7 Å². The first kappa shape index (κ1) is 20.1. The second-order valence-electron chi connectivity index (χ2n) is 6.86. The van der Waals surface area contributed by atoms with E-state index < -0.39 is 12.0 Å². The van der Waals surface area contributed by atoms with Gasteiger partial charge in [0, 0.05) is 10.3 Å². The molecule has 2 aromatic heterocycles. The molecule has 0 aromatic carbocycles. The zero-order chi connectivity index (χ0) is 19.6. The fourth-order valence-electron chi connectivity index (χ4n) is 3.31. The van der Waals surface area contributed by atoms with Gasteiger partial charge in [-0.25, -0.2) is 14.8 Å². The molecule has 2 atom stereocenters. The standard InChI is InChI=1S/C19H25N3O3S2/c1-5-10(2)16(19(24)25-4)22-14(23)9-26-17-15-12-7-6-8-13(12)27-18(15)21-11(3)20-17/h10,16H,5-9H2,1-4H3,(H,22,23)/t10-,16-/m1/s1. The number of hydrogen-bond acceptors (Lipinski definition) is 7. The van der Waals surface area contributed by atoms with Crippen molar-refractivity contribution < 1.29 is 14.3 Å². The summed E-state index contributed by atoms with van der Waals surface area (Å²) in [4.78, 5) is 36.0. The molecule has 0 radical (unpaired) electrons. The van der Waals surface area contributed by atoms with Crippen molar-refractivity contribution in [3.63, 3.8) is 0 Å². The number of esters is 1. The van der Waals surface area contributed by atoms with Crippen LogP contribution in [-0.4, -0.2) is 40.7 Å². The number of nitrogens with one attached hydrogen (secondary N) is 1. The van der Waals surface area contributed by atoms with Crippen LogP contribution in [-0.2, 0) is 27.2 Å². The molecule has 0 saturated heterocycles. The molecule has 0 bridgehead atoms. The van der Waals surface area contributed by atoms with Crippen LogP contribution in [0.4, 0.5) is 0 Å². The van der Waals surface area contributed by atoms with E-state index >= 15 is 0 Å². The van der Waals surface area contributed by atoms with Crippen LogP contribution in [0.15, 0.2) is 5.03 Å². The minimum atomic E-state index is -0.620. The lowest BCUT2D eigenvalue weighted by molar-refractivity contribution is -0.146. The van der Waals surface area contributed by atoms with E-state index in [2.05, 4.69) is 15.3 Å². The number of carbonyl (C=O) groups is 2. The van der Waals surface area contributed by atoms with E-state index in [1.165, 1.54) is 35.7 Å². The van der Waals surface area contributed by atoms with Crippen molar-refractivity contribution in [2.24, 2.45) is 5.92 Å². The van der Waals surface area contributed by atoms with Gasteiger partial charge in [0.25, 0.3) is 0 Å². The Labute approximate surface area is 167 Å². The van der Waals surface area contributed by atoms with Crippen LogP contribution in [0.3, 0.4) is 0 Å². The number of ether oxygens (including phenoxy) is 1. The van der Waals surface area contributed by atoms with E-state index in [4.69, 9.17) is 4.74 Å². The van der Waals surface area contributed by atoms with Crippen LogP contribution in [0.25, 0.3) is 10.2 Å². The lowest BCUT2D eigenvalue weighted by atomic mass is 9.99. The van der Waals surface area contributed by atoms with Crippen molar-refractivity contribution in [3.8, 4) is 0 Å². The van der Waals surface area contributed by atoms with E-state index in [1.54, 1.807) is 11.3 Å². The summed E-state index contributed by atoms with van der Waals surface area (Å²) in [5, 5.41) is 4.80. The van der Waals surface area contributed by atoms with Crippen molar-refractivity contribution >= 4 is 45.2 Å². The number of thioether (sulfide) groups is 1. The second kappa shape index (κ2) is 8.56. The zero-order valence-corrected chi connectivity index (χ0v) is 17.8. The molecule has 1 aliphatic carbocycles. The molecule has 8 heteroatoms. The zero-order valence-electron chi connectivity index (χ0n) is 16.1. The third-order valence-corrected chi connectivity index (χ3v) is 7.13. The first-order valence-corrected chi connectivity index (χ1v) is 11.0. The van der Waals surface area contributed by atoms with Gasteiger partial charge in [-0.3, -0.25) is 4.79 Å². The van der Waals surface area contributed by atoms with Crippen LogP contribution >= 0.6 is 23.1 Å². The van der Waals surface area contributed by atoms with Crippen LogP contribution in [0.1, 0.15) is 43.0 Å². The van der Waals surface area contributed by atoms with E-state index in [-0.39, 0.29) is 17.6 Å². The van der Waals surface area contributed by atoms with E-state index in [0.717, 1.165) is 40.3 Å². The largest absolute Gasteiger partial charge is 0.467 e. The van der Waals surface area contributed by atoms with Crippen LogP contribution in [0, 0.1) is 12.8 Å². The predicted octanol–water partition coefficient (Wildman–Crippen LogP) is 3.28. The van der Waals surface area contributed by atoms with Crippen LogP contribution in [0.2, 0.25) is 0 Å². The monoisotopic (exact) mass is 407 g/mol. The number of thiophene rings is 1. The maximum absolute atomic E-state index is 12.5. The summed E-state index contributed by atoms with van der Waals surface area (Å²) in [5.74, 6) is 0.350. The summed E-state index contributed by atoms with van der Waals surface area (Å²) in [6, 6.07) is -0.620. The summed E-state index contributed by atoms with van der Waals surface area (Å²) in [6.07, 6.45) is 4.11. The fourth-order valence-corrected chi connectivity index (χ4v) is 5.60. The second-order valence-corrected chi connectivity index (χ2v) is 8.90. The third-order valence-electron chi connectivity index (χ3n) is 4.97. The smallest absolute Gasteiger partial charge is 0.328 e. The Bertz CT molecular complexity index is 865. The average Bonchev–Trinajstić information content (AvgIpc) is 3.23. The number of aryl methyl sites for hydroxylation is 3. The van der Waals surface area contributed by atoms with Crippen molar-refractivity contribution in [1.29, 1.82) is 0 Å². The molecular weight excluding hydrogens is 382 g/mol. The van der Waals surface area contributed by atoms with Gasteiger partial charge in [0.05, 0.1) is 12.9 Å². The average molecular weight is 408 g/mol. The quantitative estimate of drug-likeness (QED) is 0.431. The molecular formula is C19H25N3O3S2. The molecule has 146 valence electrons. The summed E-state index contributed by atoms with van der Waals surface area (Å²) >= 11 is 3.16. The normalized spacial score (nSPS) is 15.4. The number of nitrogens with zero attached hydrogens (tertiary/aromatic N) is 2. The molecule has 0 unspecified atom stereocenters. The SMILES string of the molecule is CC[C@@H](C)[C@@H](NC(=O)CSc1nc(C)nc2sc3c(c12)CCC3)C(=O)OC. The highest BCUT2D eigenvalue weighted by atomic mass is 32.2. The van der Waals surface area contributed by atoms with Crippen molar-refractivity contribution in [2.75, 3.05) is 12.9 Å². The topological polar surface area (TPSA) is 81.2 Å². The van der Waals surface area contributed by atoms with Crippen LogP contribution in [0.5, 0.6) is 0 Å². The maximum Gasteiger partial charge on any atom is 0.328 e. The van der Waals surface area contributed by atoms with Gasteiger partial charge >= 0.3 is 5.97 Å². The molecule has 0 fully saturated rings. The van der Waals surface area contributed by atoms with E-state index in [0.29, 0.717) is 0 Å². The minimum Gasteiger partial charge on any atom is -0.467 e. The van der Waals surface area contributed by atoms with E-state index in [9.17, 15) is 9.59 Å². The number of methoxy groups -OCH3 is 1. The summed E-state index contributed by atoms with van der Waals surface area (Å²) < 4.78 is 4.83. The highest BCUT2D eigenvalue weighted by Gasteiger charge is 2.27. The molecule has 1 aliphatic rings. The van der Waals surface area contributed by atoms with Crippen molar-refractivity contribution in [1.82, 2.24) is 15.3 Å². The minimum absolute atomic E-state index is 0.0135. The molecule has 2 heterocycles. The van der Waals surface area contributed by atoms with Gasteiger partial charge in [-0.1, -0.05) is 32.0 Å². The fraction of sp³-hybridized carbons (Fsp3) is 0.579.